The first-order valence-electron chi connectivity index (χ1n) is 5.54. The molecule has 1 aromatic heterocycles. The quantitative estimate of drug-likeness (QED) is 0.791. The summed E-state index contributed by atoms with van der Waals surface area (Å²) < 4.78 is 5.34. The first kappa shape index (κ1) is 8.84. The molecule has 0 unspecified atom stereocenters. The Balaban J connectivity index is 2.16. The van der Waals surface area contributed by atoms with E-state index in [1.807, 2.05) is 6.07 Å². The average Bonchev–Trinajstić information content (AvgIpc) is 2.59. The molecule has 2 nitrogen and oxygen atoms in total. The molecule has 1 aliphatic carbocycles. The fourth-order valence-electron chi connectivity index (χ4n) is 2.38. The van der Waals surface area contributed by atoms with Crippen molar-refractivity contribution in [3.63, 3.8) is 0 Å². The van der Waals surface area contributed by atoms with Crippen LogP contribution in [0.5, 0.6) is 5.75 Å². The lowest BCUT2D eigenvalue weighted by Crippen LogP contribution is -2.07. The highest BCUT2D eigenvalue weighted by Crippen LogP contribution is 2.41. The van der Waals surface area contributed by atoms with Gasteiger partial charge < -0.3 is 9.72 Å². The largest absolute Gasteiger partial charge is 0.495 e. The van der Waals surface area contributed by atoms with Crippen molar-refractivity contribution in [1.29, 1.82) is 0 Å². The fraction of sp³-hybridized carbons (Fsp3) is 0.385. The molecule has 1 aliphatic rings. The van der Waals surface area contributed by atoms with Crippen molar-refractivity contribution in [1.82, 2.24) is 4.98 Å². The predicted octanol–water partition coefficient (Wildman–Crippen LogP) is 3.44. The van der Waals surface area contributed by atoms with E-state index in [-0.39, 0.29) is 0 Å². The number of benzene rings is 1. The van der Waals surface area contributed by atoms with Gasteiger partial charge in [-0.1, -0.05) is 18.6 Å². The molecule has 1 saturated carbocycles. The van der Waals surface area contributed by atoms with Crippen LogP contribution >= 0.6 is 0 Å². The number of para-hydroxylation sites is 1. The summed E-state index contributed by atoms with van der Waals surface area (Å²) in [5, 5.41) is 1.33. The average molecular weight is 201 g/mol. The van der Waals surface area contributed by atoms with Crippen LogP contribution in [0, 0.1) is 0 Å². The summed E-state index contributed by atoms with van der Waals surface area (Å²) in [5.74, 6) is 1.71. The molecule has 1 fully saturated rings. The molecule has 0 radical (unpaired) electrons. The Morgan fingerprint density at radius 2 is 2.20 bits per heavy atom. The molecule has 78 valence electrons. The van der Waals surface area contributed by atoms with Crippen molar-refractivity contribution < 1.29 is 4.74 Å². The normalized spacial score (nSPS) is 16.6. The maximum Gasteiger partial charge on any atom is 0.142 e. The van der Waals surface area contributed by atoms with Gasteiger partial charge in [-0.15, -0.1) is 0 Å². The first-order valence-corrected chi connectivity index (χ1v) is 5.54. The lowest BCUT2D eigenvalue weighted by atomic mass is 9.80. The van der Waals surface area contributed by atoms with Gasteiger partial charge in [0.1, 0.15) is 5.75 Å². The molecule has 2 aromatic rings. The minimum atomic E-state index is 0.769. The number of H-pyrrole nitrogens is 1. The Labute approximate surface area is 89.3 Å². The third-order valence-electron chi connectivity index (χ3n) is 3.47. The number of aromatic nitrogens is 1. The van der Waals surface area contributed by atoms with Crippen LogP contribution in [0.2, 0.25) is 0 Å². The SMILES string of the molecule is COc1cccc2c(C3CCC3)c[nH]c12. The summed E-state index contributed by atoms with van der Waals surface area (Å²) in [4.78, 5) is 3.33. The fourth-order valence-corrected chi connectivity index (χ4v) is 2.38. The molecular weight excluding hydrogens is 186 g/mol. The van der Waals surface area contributed by atoms with Crippen LogP contribution in [0.3, 0.4) is 0 Å². The number of ether oxygens (including phenoxy) is 1. The standard InChI is InChI=1S/C13H15NO/c1-15-12-7-3-6-10-11(8-14-13(10)12)9-4-2-5-9/h3,6-9,14H,2,4-5H2,1H3. The van der Waals surface area contributed by atoms with Crippen LogP contribution in [-0.4, -0.2) is 12.1 Å². The maximum atomic E-state index is 5.34. The minimum Gasteiger partial charge on any atom is -0.495 e. The molecule has 3 rings (SSSR count). The second-order valence-corrected chi connectivity index (χ2v) is 4.25. The summed E-state index contributed by atoms with van der Waals surface area (Å²) in [5.41, 5.74) is 2.61. The second kappa shape index (κ2) is 3.30. The number of hydrogen-bond acceptors (Lipinski definition) is 1. The van der Waals surface area contributed by atoms with Gasteiger partial charge in [0, 0.05) is 11.6 Å². The lowest BCUT2D eigenvalue weighted by Gasteiger charge is -2.24. The molecule has 0 aliphatic heterocycles. The highest BCUT2D eigenvalue weighted by Gasteiger charge is 2.22. The third-order valence-corrected chi connectivity index (χ3v) is 3.47. The lowest BCUT2D eigenvalue weighted by molar-refractivity contribution is 0.418. The van der Waals surface area contributed by atoms with E-state index in [9.17, 15) is 0 Å². The highest BCUT2D eigenvalue weighted by molar-refractivity contribution is 5.88. The smallest absolute Gasteiger partial charge is 0.142 e. The van der Waals surface area contributed by atoms with Gasteiger partial charge in [0.25, 0.3) is 0 Å². The van der Waals surface area contributed by atoms with Gasteiger partial charge >= 0.3 is 0 Å². The van der Waals surface area contributed by atoms with Gasteiger partial charge in [0.05, 0.1) is 12.6 Å². The molecule has 0 bridgehead atoms. The van der Waals surface area contributed by atoms with E-state index < -0.39 is 0 Å². The van der Waals surface area contributed by atoms with Gasteiger partial charge in [0.2, 0.25) is 0 Å². The number of methoxy groups -OCH3 is 1. The number of aromatic amines is 1. The third kappa shape index (κ3) is 1.24. The second-order valence-electron chi connectivity index (χ2n) is 4.25. The maximum absolute atomic E-state index is 5.34. The molecule has 1 N–H and O–H groups in total. The molecule has 1 aromatic carbocycles. The van der Waals surface area contributed by atoms with E-state index >= 15 is 0 Å². The van der Waals surface area contributed by atoms with Crippen molar-refractivity contribution in [2.24, 2.45) is 0 Å². The zero-order valence-electron chi connectivity index (χ0n) is 8.92. The predicted molar refractivity (Wildman–Crippen MR) is 61.4 cm³/mol. The first-order chi connectivity index (χ1) is 7.40. The summed E-state index contributed by atoms with van der Waals surface area (Å²) in [7, 11) is 1.72. The van der Waals surface area contributed by atoms with Crippen molar-refractivity contribution >= 4 is 10.9 Å². The highest BCUT2D eigenvalue weighted by atomic mass is 16.5. The van der Waals surface area contributed by atoms with Gasteiger partial charge in [-0.25, -0.2) is 0 Å². The minimum absolute atomic E-state index is 0.769. The monoisotopic (exact) mass is 201 g/mol. The van der Waals surface area contributed by atoms with E-state index in [4.69, 9.17) is 4.74 Å². The number of rotatable bonds is 2. The van der Waals surface area contributed by atoms with E-state index in [1.54, 1.807) is 7.11 Å². The van der Waals surface area contributed by atoms with Gasteiger partial charge in [-0.05, 0) is 30.4 Å². The summed E-state index contributed by atoms with van der Waals surface area (Å²) >= 11 is 0. The van der Waals surface area contributed by atoms with Crippen molar-refractivity contribution in [2.75, 3.05) is 7.11 Å². The van der Waals surface area contributed by atoms with Crippen LogP contribution in [0.4, 0.5) is 0 Å². The van der Waals surface area contributed by atoms with Crippen molar-refractivity contribution in [2.45, 2.75) is 25.2 Å². The van der Waals surface area contributed by atoms with Crippen LogP contribution in [-0.2, 0) is 0 Å². The molecule has 0 spiro atoms. The zero-order chi connectivity index (χ0) is 10.3. The topological polar surface area (TPSA) is 25.0 Å². The van der Waals surface area contributed by atoms with E-state index in [0.29, 0.717) is 0 Å². The van der Waals surface area contributed by atoms with Crippen LogP contribution in [0.25, 0.3) is 10.9 Å². The molecule has 0 atom stereocenters. The Bertz CT molecular complexity index is 482. The molecule has 1 heterocycles. The number of hydrogen-bond donors (Lipinski definition) is 1. The summed E-state index contributed by atoms with van der Waals surface area (Å²) in [6.07, 6.45) is 6.20. The number of fused-ring (bicyclic) bond motifs is 1. The Morgan fingerprint density at radius 3 is 2.87 bits per heavy atom. The van der Waals surface area contributed by atoms with Crippen LogP contribution in [0.1, 0.15) is 30.7 Å². The van der Waals surface area contributed by atoms with E-state index in [2.05, 4.69) is 23.3 Å². The summed E-state index contributed by atoms with van der Waals surface area (Å²) in [6.45, 7) is 0. The van der Waals surface area contributed by atoms with E-state index in [0.717, 1.165) is 17.2 Å². The van der Waals surface area contributed by atoms with Crippen molar-refractivity contribution in [3.8, 4) is 5.75 Å². The number of nitrogens with one attached hydrogen (secondary N) is 1. The molecule has 15 heavy (non-hydrogen) atoms. The summed E-state index contributed by atoms with van der Waals surface area (Å²) in [6, 6.07) is 6.25. The Morgan fingerprint density at radius 1 is 1.33 bits per heavy atom. The molecule has 0 amide bonds. The zero-order valence-corrected chi connectivity index (χ0v) is 8.92. The Hall–Kier alpha value is -1.44. The van der Waals surface area contributed by atoms with Crippen molar-refractivity contribution in [3.05, 3.63) is 30.0 Å². The molecular formula is C13H15NO. The Kier molecular flexibility index (Phi) is 1.94. The van der Waals surface area contributed by atoms with Crippen LogP contribution in [0.15, 0.2) is 24.4 Å². The van der Waals surface area contributed by atoms with Gasteiger partial charge in [-0.3, -0.25) is 0 Å². The van der Waals surface area contributed by atoms with E-state index in [1.165, 1.54) is 30.2 Å². The van der Waals surface area contributed by atoms with Gasteiger partial charge in [-0.2, -0.15) is 0 Å². The molecule has 2 heteroatoms. The van der Waals surface area contributed by atoms with Crippen LogP contribution < -0.4 is 4.74 Å². The molecule has 0 saturated heterocycles. The van der Waals surface area contributed by atoms with Gasteiger partial charge in [0.15, 0.2) is 0 Å².